The predicted molar refractivity (Wildman–Crippen MR) is 117 cm³/mol. The van der Waals surface area contributed by atoms with Crippen LogP contribution in [0.5, 0.6) is 0 Å². The zero-order valence-corrected chi connectivity index (χ0v) is 18.3. The van der Waals surface area contributed by atoms with Crippen LogP contribution >= 0.6 is 11.3 Å². The number of pyridine rings is 1. The van der Waals surface area contributed by atoms with Gasteiger partial charge in [-0.3, -0.25) is 14.6 Å². The Hall–Kier alpha value is -2.45. The third kappa shape index (κ3) is 4.65. The summed E-state index contributed by atoms with van der Waals surface area (Å²) in [6, 6.07) is 4.19. The molecule has 0 saturated carbocycles. The second kappa shape index (κ2) is 10.0. The van der Waals surface area contributed by atoms with Crippen molar-refractivity contribution in [1.82, 2.24) is 10.3 Å². The maximum Gasteiger partial charge on any atom is 0.290 e. The van der Waals surface area contributed by atoms with Crippen molar-refractivity contribution < 1.29 is 19.4 Å². The highest BCUT2D eigenvalue weighted by atomic mass is 32.1. The fourth-order valence-corrected chi connectivity index (χ4v) is 5.35. The van der Waals surface area contributed by atoms with E-state index in [1.54, 1.807) is 11.3 Å². The van der Waals surface area contributed by atoms with Crippen molar-refractivity contribution in [3.05, 3.63) is 45.4 Å². The Morgan fingerprint density at radius 3 is 2.83 bits per heavy atom. The Morgan fingerprint density at radius 1 is 1.43 bits per heavy atom. The molecular weight excluding hydrogens is 402 g/mol. The van der Waals surface area contributed by atoms with E-state index in [-0.39, 0.29) is 18.0 Å². The molecule has 8 heteroatoms. The van der Waals surface area contributed by atoms with Crippen LogP contribution in [0.25, 0.3) is 0 Å². The van der Waals surface area contributed by atoms with Crippen molar-refractivity contribution in [2.45, 2.75) is 45.1 Å². The van der Waals surface area contributed by atoms with Crippen molar-refractivity contribution in [2.75, 3.05) is 31.1 Å². The smallest absolute Gasteiger partial charge is 0.290 e. The number of carbonyl (C=O) groups excluding carboxylic acids is 1. The minimum Gasteiger partial charge on any atom is -0.483 e. The first-order valence-corrected chi connectivity index (χ1v) is 11.1. The second-order valence-electron chi connectivity index (χ2n) is 7.55. The molecule has 2 aliphatic rings. The molecule has 1 fully saturated rings. The summed E-state index contributed by atoms with van der Waals surface area (Å²) >= 11 is 1.65. The summed E-state index contributed by atoms with van der Waals surface area (Å²) in [5.41, 5.74) is 3.50. The summed E-state index contributed by atoms with van der Waals surface area (Å²) in [6.07, 6.45) is 7.56. The van der Waals surface area contributed by atoms with Crippen LogP contribution in [0, 0.1) is 6.92 Å². The summed E-state index contributed by atoms with van der Waals surface area (Å²) in [6.45, 7) is 7.32. The third-order valence-corrected chi connectivity index (χ3v) is 6.86. The molecule has 30 heavy (non-hydrogen) atoms. The lowest BCUT2D eigenvalue weighted by Crippen LogP contribution is -2.46. The number of aryl methyl sites for hydroxylation is 1. The fourth-order valence-electron chi connectivity index (χ4n) is 4.20. The van der Waals surface area contributed by atoms with E-state index in [2.05, 4.69) is 41.2 Å². The number of hydrogen-bond acceptors (Lipinski definition) is 6. The fraction of sp³-hybridized carbons (Fsp3) is 0.500. The summed E-state index contributed by atoms with van der Waals surface area (Å²) in [4.78, 5) is 29.6. The van der Waals surface area contributed by atoms with E-state index in [1.165, 1.54) is 21.7 Å². The molecule has 1 saturated heterocycles. The van der Waals surface area contributed by atoms with Crippen molar-refractivity contribution in [3.63, 3.8) is 0 Å². The van der Waals surface area contributed by atoms with Gasteiger partial charge in [0.05, 0.1) is 17.1 Å². The van der Waals surface area contributed by atoms with Gasteiger partial charge in [-0.25, -0.2) is 0 Å². The van der Waals surface area contributed by atoms with Crippen LogP contribution in [0.3, 0.4) is 0 Å². The standard InChI is InChI=1S/C21H27N3O2S.CH2O2/c1-3-8-23-20(25)19-13-16-18(27-19)5-12-26-21(16)6-10-24(11-7-21)17-4-9-22-14-15(17)2;2-1-3/h4,9,13-14H,3,5-8,10-12H2,1-2H3,(H,23,25);1H,(H,2,3). The molecule has 1 spiro atoms. The predicted octanol–water partition coefficient (Wildman–Crippen LogP) is 3.36. The molecule has 1 amide bonds. The molecule has 7 nitrogen and oxygen atoms in total. The number of amides is 1. The first-order valence-electron chi connectivity index (χ1n) is 10.3. The lowest BCUT2D eigenvalue weighted by Gasteiger charge is -2.45. The maximum atomic E-state index is 12.4. The number of rotatable bonds is 4. The molecule has 162 valence electrons. The molecule has 0 unspecified atom stereocenters. The number of aromatic nitrogens is 1. The lowest BCUT2D eigenvalue weighted by molar-refractivity contribution is -0.122. The van der Waals surface area contributed by atoms with Gasteiger partial charge in [-0.15, -0.1) is 11.3 Å². The van der Waals surface area contributed by atoms with Gasteiger partial charge in [0.1, 0.15) is 0 Å². The maximum absolute atomic E-state index is 12.4. The van der Waals surface area contributed by atoms with Crippen LogP contribution in [-0.4, -0.2) is 48.7 Å². The summed E-state index contributed by atoms with van der Waals surface area (Å²) in [7, 11) is 0. The molecule has 0 atom stereocenters. The number of carboxylic acid groups (broad SMARTS) is 1. The number of thiophene rings is 1. The highest BCUT2D eigenvalue weighted by Gasteiger charge is 2.42. The Morgan fingerprint density at radius 2 is 2.17 bits per heavy atom. The SMILES string of the molecule is CCCNC(=O)c1cc2c(s1)CCOC21CCN(c2ccncc2C)CC1.O=CO. The molecule has 2 N–H and O–H groups in total. The van der Waals surface area contributed by atoms with Gasteiger partial charge in [0.15, 0.2) is 0 Å². The minimum absolute atomic E-state index is 0.0521. The zero-order chi connectivity index (χ0) is 21.6. The largest absolute Gasteiger partial charge is 0.483 e. The summed E-state index contributed by atoms with van der Waals surface area (Å²) < 4.78 is 6.36. The van der Waals surface area contributed by atoms with E-state index < -0.39 is 0 Å². The topological polar surface area (TPSA) is 91.8 Å². The van der Waals surface area contributed by atoms with Gasteiger partial charge in [-0.05, 0) is 49.4 Å². The van der Waals surface area contributed by atoms with Crippen molar-refractivity contribution >= 4 is 29.4 Å². The molecule has 2 aromatic heterocycles. The van der Waals surface area contributed by atoms with E-state index >= 15 is 0 Å². The van der Waals surface area contributed by atoms with Crippen molar-refractivity contribution in [3.8, 4) is 0 Å². The van der Waals surface area contributed by atoms with Gasteiger partial charge in [0.2, 0.25) is 0 Å². The number of fused-ring (bicyclic) bond motifs is 2. The molecule has 2 aliphatic heterocycles. The van der Waals surface area contributed by atoms with Crippen LogP contribution < -0.4 is 10.2 Å². The van der Waals surface area contributed by atoms with Crippen molar-refractivity contribution in [1.29, 1.82) is 0 Å². The Balaban J connectivity index is 0.000000806. The van der Waals surface area contributed by atoms with E-state index in [0.29, 0.717) is 0 Å². The molecule has 0 aromatic carbocycles. The van der Waals surface area contributed by atoms with E-state index in [4.69, 9.17) is 14.6 Å². The summed E-state index contributed by atoms with van der Waals surface area (Å²) in [5, 5.41) is 9.89. The average Bonchev–Trinajstić information content (AvgIpc) is 3.20. The summed E-state index contributed by atoms with van der Waals surface area (Å²) in [5.74, 6) is 0.0521. The normalized spacial score (nSPS) is 16.9. The van der Waals surface area contributed by atoms with Crippen LogP contribution in [-0.2, 0) is 21.6 Å². The number of piperidine rings is 1. The number of nitrogens with one attached hydrogen (secondary N) is 1. The number of ether oxygens (including phenoxy) is 1. The van der Waals surface area contributed by atoms with Gasteiger partial charge in [0, 0.05) is 49.0 Å². The van der Waals surface area contributed by atoms with Crippen molar-refractivity contribution in [2.24, 2.45) is 0 Å². The highest BCUT2D eigenvalue weighted by Crippen LogP contribution is 2.45. The lowest BCUT2D eigenvalue weighted by atomic mass is 9.82. The quantitative estimate of drug-likeness (QED) is 0.722. The van der Waals surface area contributed by atoms with Gasteiger partial charge in [-0.1, -0.05) is 6.92 Å². The molecular formula is C22H29N3O4S. The number of hydrogen-bond donors (Lipinski definition) is 2. The van der Waals surface area contributed by atoms with Crippen LogP contribution in [0.2, 0.25) is 0 Å². The first-order chi connectivity index (χ1) is 14.5. The third-order valence-electron chi connectivity index (χ3n) is 5.67. The van der Waals surface area contributed by atoms with Gasteiger partial charge < -0.3 is 20.1 Å². The first kappa shape index (κ1) is 22.2. The minimum atomic E-state index is -0.250. The van der Waals surface area contributed by atoms with Crippen LogP contribution in [0.15, 0.2) is 24.5 Å². The molecule has 0 aliphatic carbocycles. The zero-order valence-electron chi connectivity index (χ0n) is 17.5. The Labute approximate surface area is 181 Å². The second-order valence-corrected chi connectivity index (χ2v) is 8.69. The van der Waals surface area contributed by atoms with Crippen LogP contribution in [0.1, 0.15) is 51.9 Å². The highest BCUT2D eigenvalue weighted by molar-refractivity contribution is 7.14. The van der Waals surface area contributed by atoms with E-state index in [1.807, 2.05) is 12.4 Å². The van der Waals surface area contributed by atoms with Crippen LogP contribution in [0.4, 0.5) is 5.69 Å². The van der Waals surface area contributed by atoms with E-state index in [9.17, 15) is 4.79 Å². The number of carbonyl (C=O) groups is 2. The van der Waals surface area contributed by atoms with Gasteiger partial charge >= 0.3 is 0 Å². The molecule has 2 aromatic rings. The monoisotopic (exact) mass is 431 g/mol. The number of nitrogens with zero attached hydrogens (tertiary/aromatic N) is 2. The van der Waals surface area contributed by atoms with E-state index in [0.717, 1.165) is 56.8 Å². The molecule has 4 rings (SSSR count). The number of anilines is 1. The van der Waals surface area contributed by atoms with Gasteiger partial charge in [-0.2, -0.15) is 0 Å². The molecule has 0 radical (unpaired) electrons. The molecule has 0 bridgehead atoms. The Bertz CT molecular complexity index is 875. The average molecular weight is 432 g/mol. The van der Waals surface area contributed by atoms with Gasteiger partial charge in [0.25, 0.3) is 12.4 Å². The Kier molecular flexibility index (Phi) is 7.44. The molecule has 4 heterocycles.